The maximum absolute atomic E-state index is 12.9. The molecule has 1 aromatic heterocycles. The topological polar surface area (TPSA) is 71.3 Å². The zero-order valence-electron chi connectivity index (χ0n) is 14.7. The van der Waals surface area contributed by atoms with Gasteiger partial charge in [0.2, 0.25) is 17.7 Å². The van der Waals surface area contributed by atoms with E-state index < -0.39 is 0 Å². The number of hydrogen-bond acceptors (Lipinski definition) is 5. The monoisotopic (exact) mass is 358 g/mol. The molecule has 0 unspecified atom stereocenters. The third kappa shape index (κ3) is 4.27. The molecule has 1 saturated carbocycles. The lowest BCUT2D eigenvalue weighted by molar-refractivity contribution is -0.122. The van der Waals surface area contributed by atoms with Crippen LogP contribution in [-0.4, -0.2) is 40.6 Å². The second kappa shape index (κ2) is 7.53. The first-order valence-corrected chi connectivity index (χ1v) is 9.24. The molecule has 1 amide bonds. The molecule has 1 saturated heterocycles. The fourth-order valence-electron chi connectivity index (χ4n) is 3.31. The summed E-state index contributed by atoms with van der Waals surface area (Å²) >= 11 is 0. The van der Waals surface area contributed by atoms with Crippen LogP contribution in [0, 0.1) is 5.82 Å². The molecule has 1 aliphatic carbocycles. The van der Waals surface area contributed by atoms with Crippen LogP contribution in [0.3, 0.4) is 0 Å². The molecule has 2 aromatic rings. The van der Waals surface area contributed by atoms with Crippen LogP contribution in [-0.2, 0) is 11.3 Å². The van der Waals surface area contributed by atoms with Gasteiger partial charge in [0.25, 0.3) is 0 Å². The number of nitrogens with zero attached hydrogens (tertiary/aromatic N) is 3. The standard InChI is InChI=1S/C19H23FN4O2/c20-16-5-1-13(2-6-16)11-21-17(25)12-24-9-7-15(8-10-24)19-23-22-18(26-19)14-3-4-14/h1-2,5-6,14-15H,3-4,7-12H2,(H,21,25). The number of nitrogens with one attached hydrogen (secondary N) is 1. The predicted octanol–water partition coefficient (Wildman–Crippen LogP) is 2.58. The number of hydrogen-bond donors (Lipinski definition) is 1. The average molecular weight is 358 g/mol. The first kappa shape index (κ1) is 17.1. The minimum atomic E-state index is -0.270. The Morgan fingerprint density at radius 1 is 1.08 bits per heavy atom. The van der Waals surface area contributed by atoms with Crippen molar-refractivity contribution in [1.82, 2.24) is 20.4 Å². The molecular formula is C19H23FN4O2. The summed E-state index contributed by atoms with van der Waals surface area (Å²) in [6, 6.07) is 6.17. The molecule has 2 aliphatic rings. The summed E-state index contributed by atoms with van der Waals surface area (Å²) in [6.07, 6.45) is 4.18. The van der Waals surface area contributed by atoms with Gasteiger partial charge in [0.15, 0.2) is 0 Å². The Hall–Kier alpha value is -2.28. The van der Waals surface area contributed by atoms with Crippen molar-refractivity contribution in [3.63, 3.8) is 0 Å². The quantitative estimate of drug-likeness (QED) is 0.859. The SMILES string of the molecule is O=C(CN1CCC(c2nnc(C3CC3)o2)CC1)NCc1ccc(F)cc1. The second-order valence-electron chi connectivity index (χ2n) is 7.21. The number of halogens is 1. The van der Waals surface area contributed by atoms with E-state index >= 15 is 0 Å². The van der Waals surface area contributed by atoms with Gasteiger partial charge in [-0.3, -0.25) is 9.69 Å². The Kier molecular flexibility index (Phi) is 4.97. The van der Waals surface area contributed by atoms with Gasteiger partial charge in [0.1, 0.15) is 5.82 Å². The number of carbonyl (C=O) groups excluding carboxylic acids is 1. The van der Waals surface area contributed by atoms with Gasteiger partial charge in [-0.05, 0) is 56.5 Å². The van der Waals surface area contributed by atoms with Crippen molar-refractivity contribution in [1.29, 1.82) is 0 Å². The number of likely N-dealkylation sites (tertiary alicyclic amines) is 1. The van der Waals surface area contributed by atoms with E-state index in [2.05, 4.69) is 20.4 Å². The Morgan fingerprint density at radius 3 is 2.31 bits per heavy atom. The molecule has 0 atom stereocenters. The Labute approximate surface area is 151 Å². The van der Waals surface area contributed by atoms with E-state index in [9.17, 15) is 9.18 Å². The number of aromatic nitrogens is 2. The largest absolute Gasteiger partial charge is 0.425 e. The summed E-state index contributed by atoms with van der Waals surface area (Å²) in [5.41, 5.74) is 0.890. The van der Waals surface area contributed by atoms with Gasteiger partial charge < -0.3 is 9.73 Å². The van der Waals surface area contributed by atoms with Crippen LogP contribution in [0.25, 0.3) is 0 Å². The Bertz CT molecular complexity index is 749. The van der Waals surface area contributed by atoms with E-state index in [1.54, 1.807) is 12.1 Å². The van der Waals surface area contributed by atoms with Crippen LogP contribution in [0.15, 0.2) is 28.7 Å². The van der Waals surface area contributed by atoms with E-state index in [0.717, 1.165) is 56.1 Å². The van der Waals surface area contributed by atoms with Crippen LogP contribution in [0.4, 0.5) is 4.39 Å². The van der Waals surface area contributed by atoms with E-state index in [1.807, 2.05) is 0 Å². The van der Waals surface area contributed by atoms with E-state index in [4.69, 9.17) is 4.42 Å². The molecule has 1 N–H and O–H groups in total. The van der Waals surface area contributed by atoms with E-state index in [-0.39, 0.29) is 11.7 Å². The second-order valence-corrected chi connectivity index (χ2v) is 7.21. The molecule has 0 radical (unpaired) electrons. The summed E-state index contributed by atoms with van der Waals surface area (Å²) in [5.74, 6) is 2.06. The van der Waals surface area contributed by atoms with Gasteiger partial charge in [-0.15, -0.1) is 10.2 Å². The van der Waals surface area contributed by atoms with Crippen molar-refractivity contribution < 1.29 is 13.6 Å². The molecular weight excluding hydrogens is 335 g/mol. The maximum Gasteiger partial charge on any atom is 0.234 e. The maximum atomic E-state index is 12.9. The molecule has 138 valence electrons. The third-order valence-electron chi connectivity index (χ3n) is 5.09. The van der Waals surface area contributed by atoms with Crippen molar-refractivity contribution >= 4 is 5.91 Å². The lowest BCUT2D eigenvalue weighted by Gasteiger charge is -2.29. The molecule has 7 heteroatoms. The Morgan fingerprint density at radius 2 is 1.69 bits per heavy atom. The first-order valence-electron chi connectivity index (χ1n) is 9.24. The predicted molar refractivity (Wildman–Crippen MR) is 92.9 cm³/mol. The molecule has 4 rings (SSSR count). The summed E-state index contributed by atoms with van der Waals surface area (Å²) in [6.45, 7) is 2.48. The fraction of sp³-hybridized carbons (Fsp3) is 0.526. The smallest absolute Gasteiger partial charge is 0.234 e. The number of carbonyl (C=O) groups is 1. The van der Waals surface area contributed by atoms with Crippen molar-refractivity contribution in [3.8, 4) is 0 Å². The number of rotatable bonds is 6. The number of amides is 1. The van der Waals surface area contributed by atoms with Crippen molar-refractivity contribution in [2.45, 2.75) is 44.1 Å². The molecule has 6 nitrogen and oxygen atoms in total. The molecule has 1 aromatic carbocycles. The number of piperidine rings is 1. The summed E-state index contributed by atoms with van der Waals surface area (Å²) in [7, 11) is 0. The molecule has 26 heavy (non-hydrogen) atoms. The molecule has 2 heterocycles. The normalized spacial score (nSPS) is 18.8. The highest BCUT2D eigenvalue weighted by Crippen LogP contribution is 2.40. The van der Waals surface area contributed by atoms with Crippen LogP contribution < -0.4 is 5.32 Å². The fourth-order valence-corrected chi connectivity index (χ4v) is 3.31. The first-order chi connectivity index (χ1) is 12.7. The van der Waals surface area contributed by atoms with Crippen LogP contribution in [0.1, 0.15) is 54.9 Å². The van der Waals surface area contributed by atoms with Crippen molar-refractivity contribution in [2.75, 3.05) is 19.6 Å². The zero-order valence-corrected chi connectivity index (χ0v) is 14.7. The van der Waals surface area contributed by atoms with Crippen LogP contribution >= 0.6 is 0 Å². The summed E-state index contributed by atoms with van der Waals surface area (Å²) in [4.78, 5) is 14.3. The van der Waals surface area contributed by atoms with Gasteiger partial charge >= 0.3 is 0 Å². The van der Waals surface area contributed by atoms with Crippen LogP contribution in [0.5, 0.6) is 0 Å². The van der Waals surface area contributed by atoms with Gasteiger partial charge in [0, 0.05) is 18.4 Å². The van der Waals surface area contributed by atoms with Gasteiger partial charge in [-0.1, -0.05) is 12.1 Å². The third-order valence-corrected chi connectivity index (χ3v) is 5.09. The van der Waals surface area contributed by atoms with Gasteiger partial charge in [-0.2, -0.15) is 0 Å². The van der Waals surface area contributed by atoms with Gasteiger partial charge in [0.05, 0.1) is 6.54 Å². The van der Waals surface area contributed by atoms with Crippen LogP contribution in [0.2, 0.25) is 0 Å². The highest BCUT2D eigenvalue weighted by Gasteiger charge is 2.31. The summed E-state index contributed by atoms with van der Waals surface area (Å²) < 4.78 is 18.7. The minimum Gasteiger partial charge on any atom is -0.425 e. The van der Waals surface area contributed by atoms with E-state index in [1.165, 1.54) is 12.1 Å². The lowest BCUT2D eigenvalue weighted by Crippen LogP contribution is -2.41. The molecule has 0 spiro atoms. The Balaban J connectivity index is 1.20. The highest BCUT2D eigenvalue weighted by molar-refractivity contribution is 5.78. The highest BCUT2D eigenvalue weighted by atomic mass is 19.1. The lowest BCUT2D eigenvalue weighted by atomic mass is 9.97. The molecule has 2 fully saturated rings. The van der Waals surface area contributed by atoms with Crippen molar-refractivity contribution in [3.05, 3.63) is 47.4 Å². The number of benzene rings is 1. The van der Waals surface area contributed by atoms with Crippen molar-refractivity contribution in [2.24, 2.45) is 0 Å². The molecule has 1 aliphatic heterocycles. The molecule has 0 bridgehead atoms. The zero-order chi connectivity index (χ0) is 17.9. The summed E-state index contributed by atoms with van der Waals surface area (Å²) in [5, 5.41) is 11.3. The van der Waals surface area contributed by atoms with Gasteiger partial charge in [-0.25, -0.2) is 4.39 Å². The minimum absolute atomic E-state index is 0.0124. The average Bonchev–Trinajstić information content (AvgIpc) is 3.39. The van der Waals surface area contributed by atoms with E-state index in [0.29, 0.717) is 24.9 Å².